The molecule has 2 rings (SSSR count). The monoisotopic (exact) mass is 2110 g/mol. The minimum atomic E-state index is -1.92. The maximum absolute atomic E-state index is 15.1. The second-order valence-corrected chi connectivity index (χ2v) is 48.9. The number of allylic oxidation sites excluding steroid dienone is 4. The van der Waals surface area contributed by atoms with Gasteiger partial charge in [0, 0.05) is 28.7 Å². The fourth-order valence-corrected chi connectivity index (χ4v) is 23.4. The van der Waals surface area contributed by atoms with Gasteiger partial charge in [-0.3, -0.25) is 4.79 Å². The summed E-state index contributed by atoms with van der Waals surface area (Å²) in [5.74, 6) is -2.16. The Morgan fingerprint density at radius 2 is 0.453 bits per heavy atom. The molecule has 2 aliphatic heterocycles. The smallest absolute Gasteiger partial charge is 0.333 e. The van der Waals surface area contributed by atoms with Gasteiger partial charge in [-0.2, -0.15) is 0 Å². The average molecular weight is 2120 g/mol. The molecule has 0 amide bonds. The molecule has 0 spiro atoms. The Bertz CT molecular complexity index is 3270. The van der Waals surface area contributed by atoms with E-state index in [0.29, 0.717) is 41.2 Å². The van der Waals surface area contributed by atoms with E-state index >= 15 is 9.59 Å². The largest absolute Gasteiger partial charge is 0.459 e. The van der Waals surface area contributed by atoms with Gasteiger partial charge in [0.1, 0.15) is 31.0 Å². The van der Waals surface area contributed by atoms with Crippen LogP contribution in [0.5, 0.6) is 0 Å². The molecule has 2 saturated heterocycles. The minimum absolute atomic E-state index is 0.00214. The van der Waals surface area contributed by atoms with Crippen molar-refractivity contribution < 1.29 is 77.2 Å². The van der Waals surface area contributed by atoms with E-state index in [-0.39, 0.29) is 41.2 Å². The lowest BCUT2D eigenvalue weighted by atomic mass is 9.91. The van der Waals surface area contributed by atoms with Gasteiger partial charge in [-0.25, -0.2) is 19.2 Å². The maximum atomic E-state index is 15.1. The first kappa shape index (κ1) is 142. The van der Waals surface area contributed by atoms with Crippen molar-refractivity contribution in [1.29, 1.82) is 0 Å². The lowest BCUT2D eigenvalue weighted by Crippen LogP contribution is -2.66. The van der Waals surface area contributed by atoms with Crippen LogP contribution in [0.3, 0.4) is 0 Å². The summed E-state index contributed by atoms with van der Waals surface area (Å²) in [5.41, 5.74) is 1.18. The topological polar surface area (TPSA) is 220 Å². The van der Waals surface area contributed by atoms with E-state index < -0.39 is 104 Å². The summed E-state index contributed by atoms with van der Waals surface area (Å²) < 4.78 is 52.3. The fraction of sp³-hybridized carbons (Fsp3) is 0.903. The molecule has 0 aromatic heterocycles. The van der Waals surface area contributed by atoms with Gasteiger partial charge in [0.15, 0.2) is 24.4 Å². The van der Waals surface area contributed by atoms with Crippen molar-refractivity contribution in [2.75, 3.05) is 13.2 Å². The van der Waals surface area contributed by atoms with Crippen molar-refractivity contribution >= 4 is 29.8 Å². The van der Waals surface area contributed by atoms with E-state index in [1.165, 1.54) is 424 Å². The number of esters is 5. The molecule has 2 aliphatic rings. The summed E-state index contributed by atoms with van der Waals surface area (Å²) in [4.78, 5) is 74.2. The van der Waals surface area contributed by atoms with Gasteiger partial charge in [0.25, 0.3) is 0 Å². The molecule has 2 fully saturated rings. The average Bonchev–Trinajstić information content (AvgIpc) is 0.765. The molecule has 18 atom stereocenters. The van der Waals surface area contributed by atoms with Crippen molar-refractivity contribution in [1.82, 2.24) is 0 Å². The van der Waals surface area contributed by atoms with Gasteiger partial charge >= 0.3 is 29.8 Å². The van der Waals surface area contributed by atoms with Crippen LogP contribution in [0, 0.1) is 47.3 Å². The molecule has 0 radical (unpaired) electrons. The highest BCUT2D eigenvalue weighted by molar-refractivity contribution is 5.89. The third-order valence-corrected chi connectivity index (χ3v) is 32.8. The Morgan fingerprint density at radius 3 is 0.700 bits per heavy atom. The molecule has 4 unspecified atom stereocenters. The quantitative estimate of drug-likeness (QED) is 0.0223. The second-order valence-electron chi connectivity index (χ2n) is 48.9. The van der Waals surface area contributed by atoms with Crippen molar-refractivity contribution in [3.63, 3.8) is 0 Å². The lowest BCUT2D eigenvalue weighted by molar-refractivity contribution is -0.377. The third-order valence-electron chi connectivity index (χ3n) is 32.8. The molecule has 2 heterocycles. The molecule has 0 saturated carbocycles. The van der Waals surface area contributed by atoms with Crippen molar-refractivity contribution in [2.24, 2.45) is 47.3 Å². The molecular weight excluding hydrogens is 1870 g/mol. The number of hydrogen-bond donors (Lipinski definition) is 3. The molecule has 16 nitrogen and oxygen atoms in total. The van der Waals surface area contributed by atoms with E-state index in [2.05, 4.69) is 90.0 Å². The summed E-state index contributed by atoms with van der Waals surface area (Å²) in [6, 6.07) is 0. The predicted molar refractivity (Wildman–Crippen MR) is 633 cm³/mol. The van der Waals surface area contributed by atoms with Crippen LogP contribution < -0.4 is 0 Å². The van der Waals surface area contributed by atoms with Gasteiger partial charge in [-0.15, -0.1) is 0 Å². The van der Waals surface area contributed by atoms with Crippen LogP contribution in [0.4, 0.5) is 0 Å². The summed E-state index contributed by atoms with van der Waals surface area (Å²) in [6.07, 6.45) is 93.7. The van der Waals surface area contributed by atoms with Crippen LogP contribution in [-0.4, -0.2) is 120 Å². The zero-order chi connectivity index (χ0) is 110. The first-order valence-corrected chi connectivity index (χ1v) is 65.4. The number of aliphatic hydroxyl groups excluding tert-OH is 3. The van der Waals surface area contributed by atoms with Crippen molar-refractivity contribution in [3.8, 4) is 0 Å². The van der Waals surface area contributed by atoms with Crippen molar-refractivity contribution in [2.45, 2.75) is 718 Å². The first-order chi connectivity index (χ1) is 72.7. The molecular formula is C134H248O16. The van der Waals surface area contributed by atoms with Crippen LogP contribution in [0.15, 0.2) is 46.6 Å². The summed E-state index contributed by atoms with van der Waals surface area (Å²) >= 11 is 0. The zero-order valence-corrected chi connectivity index (χ0v) is 102. The first-order valence-electron chi connectivity index (χ1n) is 65.4. The van der Waals surface area contributed by atoms with Crippen LogP contribution in [0.2, 0.25) is 0 Å². The van der Waals surface area contributed by atoms with Crippen LogP contribution >= 0.6 is 0 Å². The summed E-state index contributed by atoms with van der Waals surface area (Å²) in [7, 11) is 0. The van der Waals surface area contributed by atoms with Gasteiger partial charge in [0.05, 0.1) is 6.61 Å². The molecule has 3 N–H and O–H groups in total. The summed E-state index contributed by atoms with van der Waals surface area (Å²) in [5, 5.41) is 37.6. The molecule has 0 aliphatic carbocycles. The van der Waals surface area contributed by atoms with Crippen molar-refractivity contribution in [3.05, 3.63) is 46.6 Å². The van der Waals surface area contributed by atoms with E-state index in [4.69, 9.17) is 37.9 Å². The highest BCUT2D eigenvalue weighted by Crippen LogP contribution is 2.38. The normalized spacial score (nSPS) is 20.1. The number of carbonyl (C=O) groups excluding carboxylic acids is 5. The van der Waals surface area contributed by atoms with Gasteiger partial charge in [0.2, 0.25) is 12.6 Å². The highest BCUT2D eigenvalue weighted by Gasteiger charge is 2.56. The fourth-order valence-electron chi connectivity index (χ4n) is 23.4. The van der Waals surface area contributed by atoms with E-state index in [0.717, 1.165) is 103 Å². The Balaban J connectivity index is 2.70. The Labute approximate surface area is 927 Å². The number of ether oxygens (including phenoxy) is 8. The zero-order valence-electron chi connectivity index (χ0n) is 102. The van der Waals surface area contributed by atoms with Gasteiger partial charge < -0.3 is 53.2 Å². The maximum Gasteiger partial charge on any atom is 0.333 e. The molecule has 0 bridgehead atoms. The Kier molecular flexibility index (Phi) is 93.1. The number of aliphatic hydroxyl groups is 3. The number of carbonyl (C=O) groups is 5. The molecule has 880 valence electrons. The number of hydrogen-bond acceptors (Lipinski definition) is 16. The Hall–Kier alpha value is -3.93. The minimum Gasteiger partial charge on any atom is -0.459 e. The van der Waals surface area contributed by atoms with Gasteiger partial charge in [-0.1, -0.05) is 615 Å². The standard InChI is InChI=1S/C134H248O16/c1-18-23-28-33-38-43-48-53-58-59-60-62-66-71-76-81-84-89-94-109(7)99-113(11)103-117(15)130(140)147-125-120(106-135)144-133(127(124(125)138)149-132(142)119(17)105-115(13)101-111(9)96-91-86-80-75-70-65-57-52-47-42-37-32-27-22-5)150-134-128(146-122(136)97-92-87-82-77-72-67-61-54-49-44-39-34-29-24-19-2)126(148-131(141)118(16)104-114(12)100-110(8)95-90-85-79-74-69-64-56-51-46-41-36-31-26-21-4)123(137)121(145-134)107-143-129(139)116(14)102-112(10)98-108(6)93-88-83-78-73-68-63-55-50-45-40-35-30-25-20-3/h102-105,108-115,120-121,123-128,133-135,137-138H,18-101,106-107H2,1-17H3/b116-102+,117-103+,118-104+,119-105+/t108-,109-,110-,111-,112-,113-,114-,115-,120?,121?,123+,124?,125+,126?,127-,128+,133+,134+/m0/s1. The Morgan fingerprint density at radius 1 is 0.247 bits per heavy atom. The van der Waals surface area contributed by atoms with E-state index in [1.807, 2.05) is 24.3 Å². The van der Waals surface area contributed by atoms with Crippen LogP contribution in [0.25, 0.3) is 0 Å². The van der Waals surface area contributed by atoms with E-state index in [1.54, 1.807) is 27.7 Å². The van der Waals surface area contributed by atoms with E-state index in [9.17, 15) is 29.7 Å². The lowest BCUT2D eigenvalue weighted by Gasteiger charge is -2.47. The third kappa shape index (κ3) is 76.7. The van der Waals surface area contributed by atoms with Crippen LogP contribution in [-0.2, 0) is 61.9 Å². The number of unbranched alkanes of at least 4 members (excludes halogenated alkanes) is 70. The summed E-state index contributed by atoms with van der Waals surface area (Å²) in [6.45, 7) is 34.2. The molecule has 16 heteroatoms. The molecule has 0 aromatic carbocycles. The van der Waals surface area contributed by atoms with Gasteiger partial charge in [-0.05, 0) is 107 Å². The molecule has 150 heavy (non-hydrogen) atoms. The van der Waals surface area contributed by atoms with Crippen LogP contribution in [0.1, 0.15) is 657 Å². The predicted octanol–water partition coefficient (Wildman–Crippen LogP) is 39.1. The number of rotatable bonds is 105. The second kappa shape index (κ2) is 98.2. The highest BCUT2D eigenvalue weighted by atomic mass is 16.8. The molecule has 0 aromatic rings. The SMILES string of the molecule is CCCCCCCCCCCCCCCCCCCC[C@H](C)C[C@H](C)/C=C(\C)C(=O)O[C@@H]1C(CO)O[C@H](O[C@H]2OC(COC(=O)/C(C)=C/[C@@H](C)C[C@@H](C)CCCCCCCCCCCCCCCC)[C@@H](O)C(OC(=O)/C(C)=C/[C@@H](C)C[C@@H](C)CCCCCCCCCCCCCCCC)[C@H]2OC(=O)CCCCCCCCCCCCCCCCC)[C@@H](OC(=O)/C(C)=C/[C@@H](C)C[C@@H](C)CCCCCCCCCCCCCCCC)C1O.